The molecule has 0 fully saturated rings. The normalized spacial score (nSPS) is 10.0. The van der Waals surface area contributed by atoms with Gasteiger partial charge in [-0.2, -0.15) is 0 Å². The second-order valence-electron chi connectivity index (χ2n) is 3.73. The lowest BCUT2D eigenvalue weighted by molar-refractivity contribution is 0.0696. The zero-order valence-electron chi connectivity index (χ0n) is 10.1. The molecule has 0 aliphatic heterocycles. The van der Waals surface area contributed by atoms with Crippen molar-refractivity contribution in [3.8, 4) is 17.2 Å². The first kappa shape index (κ1) is 13.4. The molecule has 0 saturated carbocycles. The van der Waals surface area contributed by atoms with E-state index >= 15 is 0 Å². The van der Waals surface area contributed by atoms with E-state index in [0.29, 0.717) is 21.7 Å². The van der Waals surface area contributed by atoms with Crippen molar-refractivity contribution < 1.29 is 19.4 Å². The molecule has 0 bridgehead atoms. The summed E-state index contributed by atoms with van der Waals surface area (Å²) in [6.45, 7) is 0. The van der Waals surface area contributed by atoms with Gasteiger partial charge in [-0.05, 0) is 46.3 Å². The molecule has 1 N–H and O–H groups in total. The molecule has 0 aromatic heterocycles. The topological polar surface area (TPSA) is 55.8 Å². The second kappa shape index (κ2) is 5.75. The maximum atomic E-state index is 10.9. The third-order valence-corrected chi connectivity index (χ3v) is 3.10. The summed E-state index contributed by atoms with van der Waals surface area (Å²) in [6, 6.07) is 11.9. The van der Waals surface area contributed by atoms with Gasteiger partial charge in [0.15, 0.2) is 0 Å². The van der Waals surface area contributed by atoms with Gasteiger partial charge >= 0.3 is 5.97 Å². The van der Waals surface area contributed by atoms with Crippen LogP contribution < -0.4 is 9.47 Å². The Bertz CT molecular complexity index is 610. The van der Waals surface area contributed by atoms with E-state index in [2.05, 4.69) is 15.9 Å². The lowest BCUT2D eigenvalue weighted by Crippen LogP contribution is -1.97. The van der Waals surface area contributed by atoms with E-state index in [4.69, 9.17) is 14.6 Å². The summed E-state index contributed by atoms with van der Waals surface area (Å²) in [5, 5.41) is 8.93. The minimum absolute atomic E-state index is 0.193. The number of rotatable bonds is 4. The van der Waals surface area contributed by atoms with E-state index in [-0.39, 0.29) is 5.56 Å². The minimum atomic E-state index is -0.986. The van der Waals surface area contributed by atoms with Gasteiger partial charge in [0.1, 0.15) is 17.2 Å². The Kier molecular flexibility index (Phi) is 4.06. The lowest BCUT2D eigenvalue weighted by atomic mass is 10.2. The third kappa shape index (κ3) is 3.26. The first-order chi connectivity index (χ1) is 9.10. The summed E-state index contributed by atoms with van der Waals surface area (Å²) >= 11 is 3.20. The van der Waals surface area contributed by atoms with Crippen LogP contribution in [-0.2, 0) is 0 Å². The van der Waals surface area contributed by atoms with Gasteiger partial charge in [0.05, 0.1) is 12.7 Å². The summed E-state index contributed by atoms with van der Waals surface area (Å²) < 4.78 is 11.2. The Balaban J connectivity index is 2.23. The average molecular weight is 323 g/mol. The number of hydrogen-bond donors (Lipinski definition) is 1. The number of ether oxygens (including phenoxy) is 2. The molecule has 0 spiro atoms. The van der Waals surface area contributed by atoms with E-state index < -0.39 is 5.97 Å². The van der Waals surface area contributed by atoms with Gasteiger partial charge in [-0.1, -0.05) is 6.07 Å². The third-order valence-electron chi connectivity index (χ3n) is 2.45. The van der Waals surface area contributed by atoms with E-state index in [1.165, 1.54) is 6.07 Å². The van der Waals surface area contributed by atoms with Crippen molar-refractivity contribution >= 4 is 21.9 Å². The number of carboxylic acids is 1. The molecule has 0 saturated heterocycles. The molecule has 0 atom stereocenters. The van der Waals surface area contributed by atoms with Crippen LogP contribution in [0.15, 0.2) is 46.9 Å². The number of methoxy groups -OCH3 is 1. The molecule has 2 rings (SSSR count). The van der Waals surface area contributed by atoms with Crippen LogP contribution in [0.2, 0.25) is 0 Å². The van der Waals surface area contributed by atoms with Gasteiger partial charge < -0.3 is 14.6 Å². The van der Waals surface area contributed by atoms with Crippen LogP contribution in [0.4, 0.5) is 0 Å². The summed E-state index contributed by atoms with van der Waals surface area (Å²) in [7, 11) is 1.58. The van der Waals surface area contributed by atoms with Crippen LogP contribution in [0.1, 0.15) is 10.4 Å². The highest BCUT2D eigenvalue weighted by Crippen LogP contribution is 2.28. The maximum Gasteiger partial charge on any atom is 0.336 e. The van der Waals surface area contributed by atoms with E-state index in [1.54, 1.807) is 31.4 Å². The molecule has 0 aliphatic carbocycles. The van der Waals surface area contributed by atoms with Crippen molar-refractivity contribution in [2.75, 3.05) is 7.11 Å². The van der Waals surface area contributed by atoms with Gasteiger partial charge in [-0.25, -0.2) is 4.79 Å². The molecule has 2 aromatic carbocycles. The number of benzene rings is 2. The molecule has 0 unspecified atom stereocenters. The minimum Gasteiger partial charge on any atom is -0.497 e. The fraction of sp³-hybridized carbons (Fsp3) is 0.0714. The summed E-state index contributed by atoms with van der Waals surface area (Å²) in [4.78, 5) is 10.9. The Morgan fingerprint density at radius 3 is 2.42 bits per heavy atom. The van der Waals surface area contributed by atoms with Crippen LogP contribution in [-0.4, -0.2) is 18.2 Å². The number of aromatic carboxylic acids is 1. The first-order valence-corrected chi connectivity index (χ1v) is 6.24. The lowest BCUT2D eigenvalue weighted by Gasteiger charge is -2.08. The monoisotopic (exact) mass is 322 g/mol. The number of carboxylic acid groups (broad SMARTS) is 1. The first-order valence-electron chi connectivity index (χ1n) is 5.45. The van der Waals surface area contributed by atoms with Crippen molar-refractivity contribution in [1.29, 1.82) is 0 Å². The van der Waals surface area contributed by atoms with Crippen molar-refractivity contribution in [3.05, 3.63) is 52.5 Å². The quantitative estimate of drug-likeness (QED) is 0.926. The molecule has 2 aromatic rings. The molecular formula is C14H11BrO4. The number of carbonyl (C=O) groups is 1. The van der Waals surface area contributed by atoms with Crippen LogP contribution >= 0.6 is 15.9 Å². The van der Waals surface area contributed by atoms with Crippen molar-refractivity contribution in [2.24, 2.45) is 0 Å². The SMILES string of the molecule is COc1cccc(Oc2ccc(C(=O)O)c(Br)c2)c1. The average Bonchev–Trinajstić information content (AvgIpc) is 2.38. The predicted octanol–water partition coefficient (Wildman–Crippen LogP) is 3.95. The number of hydrogen-bond acceptors (Lipinski definition) is 3. The standard InChI is InChI=1S/C14H11BrO4/c1-18-9-3-2-4-10(7-9)19-11-5-6-12(14(16)17)13(15)8-11/h2-8H,1H3,(H,16,17). The Morgan fingerprint density at radius 2 is 1.79 bits per heavy atom. The summed E-state index contributed by atoms with van der Waals surface area (Å²) in [5.41, 5.74) is 0.193. The van der Waals surface area contributed by atoms with E-state index in [9.17, 15) is 4.79 Å². The Hall–Kier alpha value is -2.01. The van der Waals surface area contributed by atoms with Gasteiger partial charge in [0.25, 0.3) is 0 Å². The predicted molar refractivity (Wildman–Crippen MR) is 74.2 cm³/mol. The smallest absolute Gasteiger partial charge is 0.336 e. The maximum absolute atomic E-state index is 10.9. The highest BCUT2D eigenvalue weighted by molar-refractivity contribution is 9.10. The molecule has 4 nitrogen and oxygen atoms in total. The van der Waals surface area contributed by atoms with E-state index in [1.807, 2.05) is 12.1 Å². The Morgan fingerprint density at radius 1 is 1.11 bits per heavy atom. The van der Waals surface area contributed by atoms with Crippen molar-refractivity contribution in [2.45, 2.75) is 0 Å². The van der Waals surface area contributed by atoms with Crippen LogP contribution in [0, 0.1) is 0 Å². The molecule has 0 heterocycles. The summed E-state index contributed by atoms with van der Waals surface area (Å²) in [5.74, 6) is 0.873. The second-order valence-corrected chi connectivity index (χ2v) is 4.58. The zero-order chi connectivity index (χ0) is 13.8. The molecule has 0 aliphatic rings. The van der Waals surface area contributed by atoms with Gasteiger partial charge in [-0.3, -0.25) is 0 Å². The molecular weight excluding hydrogens is 312 g/mol. The van der Waals surface area contributed by atoms with E-state index in [0.717, 1.165) is 0 Å². The molecule has 98 valence electrons. The van der Waals surface area contributed by atoms with Crippen LogP contribution in [0.25, 0.3) is 0 Å². The Labute approximate surface area is 118 Å². The highest BCUT2D eigenvalue weighted by Gasteiger charge is 2.09. The highest BCUT2D eigenvalue weighted by atomic mass is 79.9. The van der Waals surface area contributed by atoms with Crippen molar-refractivity contribution in [3.63, 3.8) is 0 Å². The van der Waals surface area contributed by atoms with Crippen molar-refractivity contribution in [1.82, 2.24) is 0 Å². The van der Waals surface area contributed by atoms with Crippen LogP contribution in [0.3, 0.4) is 0 Å². The van der Waals surface area contributed by atoms with Gasteiger partial charge in [0.2, 0.25) is 0 Å². The zero-order valence-corrected chi connectivity index (χ0v) is 11.7. The van der Waals surface area contributed by atoms with Gasteiger partial charge in [0, 0.05) is 10.5 Å². The van der Waals surface area contributed by atoms with Gasteiger partial charge in [-0.15, -0.1) is 0 Å². The number of halogens is 1. The molecule has 19 heavy (non-hydrogen) atoms. The molecule has 0 radical (unpaired) electrons. The fourth-order valence-electron chi connectivity index (χ4n) is 1.53. The molecule has 5 heteroatoms. The molecule has 0 amide bonds. The largest absolute Gasteiger partial charge is 0.497 e. The fourth-order valence-corrected chi connectivity index (χ4v) is 2.06. The summed E-state index contributed by atoms with van der Waals surface area (Å²) in [6.07, 6.45) is 0. The van der Waals surface area contributed by atoms with Crippen LogP contribution in [0.5, 0.6) is 17.2 Å².